The summed E-state index contributed by atoms with van der Waals surface area (Å²) in [4.78, 5) is 7.81. The minimum atomic E-state index is -4.72. The molecule has 0 aliphatic carbocycles. The van der Waals surface area contributed by atoms with Gasteiger partial charge in [-0.1, -0.05) is 0 Å². The number of nitrogens with zero attached hydrogens (tertiary/aromatic N) is 4. The molecule has 0 spiro atoms. The molecule has 0 aromatic heterocycles. The van der Waals surface area contributed by atoms with Crippen LogP contribution >= 0.6 is 12.2 Å². The second-order valence-electron chi connectivity index (χ2n) is 9.24. The molecule has 6 nitrogen and oxygen atoms in total. The largest absolute Gasteiger partial charge is 0.508 e. The lowest BCUT2D eigenvalue weighted by molar-refractivity contribution is -0.137. The first-order valence-corrected chi connectivity index (χ1v) is 10.8. The van der Waals surface area contributed by atoms with E-state index in [1.54, 1.807) is 23.1 Å². The highest BCUT2D eigenvalue weighted by Gasteiger charge is 2.49. The topological polar surface area (TPSA) is 72.1 Å². The van der Waals surface area contributed by atoms with Crippen LogP contribution in [0, 0.1) is 11.3 Å². The van der Waals surface area contributed by atoms with E-state index in [-0.39, 0.29) is 23.3 Å². The number of anilines is 2. The first kappa shape index (κ1) is 25.5. The standard InChI is InChI=1S/C24H25F3N4O2S/c1-22(2,3)33-14-29-20-23(4,5)31(16-8-10-18(32)11-9-16)21(34)30(20)17-7-6-15(13-28)19(12-17)24(25,26)27/h6-12,32H,14H2,1-5H3. The normalized spacial score (nSPS) is 17.4. The van der Waals surface area contributed by atoms with Crippen LogP contribution in [0.25, 0.3) is 0 Å². The predicted molar refractivity (Wildman–Crippen MR) is 129 cm³/mol. The van der Waals surface area contributed by atoms with Crippen molar-refractivity contribution in [3.05, 3.63) is 53.6 Å². The first-order valence-electron chi connectivity index (χ1n) is 10.4. The molecule has 0 atom stereocenters. The summed E-state index contributed by atoms with van der Waals surface area (Å²) >= 11 is 5.73. The van der Waals surface area contributed by atoms with Gasteiger partial charge in [-0.2, -0.15) is 18.4 Å². The molecular formula is C24H25F3N4O2S. The Morgan fingerprint density at radius 3 is 2.21 bits per heavy atom. The Balaban J connectivity index is 2.18. The van der Waals surface area contributed by atoms with Gasteiger partial charge in [0, 0.05) is 5.69 Å². The van der Waals surface area contributed by atoms with Gasteiger partial charge in [0.1, 0.15) is 18.3 Å². The smallest absolute Gasteiger partial charge is 0.417 e. The van der Waals surface area contributed by atoms with Crippen molar-refractivity contribution in [3.63, 3.8) is 0 Å². The van der Waals surface area contributed by atoms with Crippen molar-refractivity contribution in [2.24, 2.45) is 4.99 Å². The lowest BCUT2D eigenvalue weighted by atomic mass is 10.0. The zero-order valence-electron chi connectivity index (χ0n) is 19.4. The second kappa shape index (κ2) is 8.89. The van der Waals surface area contributed by atoms with Crippen molar-refractivity contribution in [1.82, 2.24) is 0 Å². The average Bonchev–Trinajstić information content (AvgIpc) is 2.92. The molecule has 180 valence electrons. The van der Waals surface area contributed by atoms with Crippen LogP contribution in [-0.4, -0.2) is 33.9 Å². The Morgan fingerprint density at radius 1 is 1.09 bits per heavy atom. The monoisotopic (exact) mass is 490 g/mol. The van der Waals surface area contributed by atoms with Gasteiger partial charge >= 0.3 is 6.18 Å². The summed E-state index contributed by atoms with van der Waals surface area (Å²) in [5.41, 5.74) is -2.13. The lowest BCUT2D eigenvalue weighted by Crippen LogP contribution is -2.44. The third-order valence-corrected chi connectivity index (χ3v) is 5.57. The summed E-state index contributed by atoms with van der Waals surface area (Å²) in [6.07, 6.45) is -4.72. The van der Waals surface area contributed by atoms with Gasteiger partial charge in [0.25, 0.3) is 0 Å². The predicted octanol–water partition coefficient (Wildman–Crippen LogP) is 5.84. The molecule has 0 radical (unpaired) electrons. The number of ether oxygens (including phenoxy) is 1. The molecule has 0 saturated carbocycles. The molecule has 0 unspecified atom stereocenters. The maximum absolute atomic E-state index is 13.7. The summed E-state index contributed by atoms with van der Waals surface area (Å²) in [5.74, 6) is 0.450. The molecule has 10 heteroatoms. The average molecular weight is 491 g/mol. The van der Waals surface area contributed by atoms with Crippen molar-refractivity contribution >= 4 is 34.5 Å². The van der Waals surface area contributed by atoms with E-state index in [0.717, 1.165) is 12.1 Å². The summed E-state index contributed by atoms with van der Waals surface area (Å²) in [6, 6.07) is 11.4. The molecule has 1 saturated heterocycles. The fourth-order valence-corrected chi connectivity index (χ4v) is 4.15. The van der Waals surface area contributed by atoms with Crippen LogP contribution in [0.1, 0.15) is 45.7 Å². The Labute approximate surface area is 201 Å². The number of alkyl halides is 3. The second-order valence-corrected chi connectivity index (χ2v) is 9.60. The fourth-order valence-electron chi connectivity index (χ4n) is 3.63. The number of phenolic OH excluding ortho intramolecular Hbond substituents is 1. The molecule has 1 N–H and O–H groups in total. The van der Waals surface area contributed by atoms with Crippen molar-refractivity contribution in [1.29, 1.82) is 5.26 Å². The maximum atomic E-state index is 13.7. The van der Waals surface area contributed by atoms with Crippen molar-refractivity contribution in [3.8, 4) is 11.8 Å². The van der Waals surface area contributed by atoms with Crippen molar-refractivity contribution in [2.75, 3.05) is 16.5 Å². The molecule has 2 aromatic rings. The highest BCUT2D eigenvalue weighted by Crippen LogP contribution is 2.40. The molecule has 1 fully saturated rings. The Kier molecular flexibility index (Phi) is 6.66. The number of benzene rings is 2. The molecule has 0 amide bonds. The number of halogens is 3. The van der Waals surface area contributed by atoms with Crippen molar-refractivity contribution < 1.29 is 23.0 Å². The van der Waals surface area contributed by atoms with E-state index in [9.17, 15) is 23.5 Å². The van der Waals surface area contributed by atoms with E-state index in [2.05, 4.69) is 4.99 Å². The van der Waals surface area contributed by atoms with E-state index in [1.807, 2.05) is 34.6 Å². The van der Waals surface area contributed by atoms with Gasteiger partial charge in [-0.15, -0.1) is 0 Å². The summed E-state index contributed by atoms with van der Waals surface area (Å²) < 4.78 is 46.8. The zero-order chi connectivity index (χ0) is 25.5. The summed E-state index contributed by atoms with van der Waals surface area (Å²) in [6.45, 7) is 9.26. The van der Waals surface area contributed by atoms with E-state index < -0.39 is 28.4 Å². The first-order chi connectivity index (χ1) is 15.7. The lowest BCUT2D eigenvalue weighted by Gasteiger charge is -2.31. The minimum Gasteiger partial charge on any atom is -0.508 e. The molecule has 3 rings (SSSR count). The number of rotatable bonds is 4. The van der Waals surface area contributed by atoms with Gasteiger partial charge in [0.2, 0.25) is 0 Å². The highest BCUT2D eigenvalue weighted by molar-refractivity contribution is 7.81. The number of aromatic hydroxyl groups is 1. The number of phenols is 1. The maximum Gasteiger partial charge on any atom is 0.417 e. The van der Waals surface area contributed by atoms with Gasteiger partial charge in [0.15, 0.2) is 5.11 Å². The van der Waals surface area contributed by atoms with E-state index in [0.29, 0.717) is 11.5 Å². The van der Waals surface area contributed by atoms with E-state index in [1.165, 1.54) is 23.1 Å². The van der Waals surface area contributed by atoms with Crippen LogP contribution in [0.15, 0.2) is 47.5 Å². The van der Waals surface area contributed by atoms with Crippen molar-refractivity contribution in [2.45, 2.75) is 51.9 Å². The number of hydrogen-bond donors (Lipinski definition) is 1. The van der Waals surface area contributed by atoms with Crippen LogP contribution < -0.4 is 9.80 Å². The zero-order valence-corrected chi connectivity index (χ0v) is 20.3. The van der Waals surface area contributed by atoms with Crippen LogP contribution in [0.4, 0.5) is 24.5 Å². The molecule has 1 aliphatic heterocycles. The fraction of sp³-hybridized carbons (Fsp3) is 0.375. The van der Waals surface area contributed by atoms with Crippen LogP contribution in [-0.2, 0) is 10.9 Å². The van der Waals surface area contributed by atoms with E-state index in [4.69, 9.17) is 17.0 Å². The number of amidine groups is 1. The minimum absolute atomic E-state index is 0.0345. The molecular weight excluding hydrogens is 465 g/mol. The Morgan fingerprint density at radius 2 is 1.68 bits per heavy atom. The third kappa shape index (κ3) is 5.00. The highest BCUT2D eigenvalue weighted by atomic mass is 32.1. The number of aliphatic imine (C=N–C) groups is 1. The molecule has 1 heterocycles. The van der Waals surface area contributed by atoms with Crippen LogP contribution in [0.5, 0.6) is 5.75 Å². The Bertz CT molecular complexity index is 1160. The Hall–Kier alpha value is -3.16. The molecule has 2 aromatic carbocycles. The molecule has 34 heavy (non-hydrogen) atoms. The van der Waals surface area contributed by atoms with E-state index >= 15 is 0 Å². The summed E-state index contributed by atoms with van der Waals surface area (Å²) in [5, 5.41) is 19.1. The SMILES string of the molecule is CC(C)(C)OCN=C1N(c2ccc(C#N)c(C(F)(F)F)c2)C(=S)N(c2ccc(O)cc2)C1(C)C. The van der Waals surface area contributed by atoms with Crippen LogP contribution in [0.2, 0.25) is 0 Å². The summed E-state index contributed by atoms with van der Waals surface area (Å²) in [7, 11) is 0. The van der Waals surface area contributed by atoms with Gasteiger partial charge in [-0.25, -0.2) is 4.99 Å². The van der Waals surface area contributed by atoms with Gasteiger partial charge in [-0.3, -0.25) is 4.90 Å². The number of thiocarbonyl (C=S) groups is 1. The van der Waals surface area contributed by atoms with Gasteiger partial charge in [-0.05, 0) is 89.3 Å². The molecule has 1 aliphatic rings. The third-order valence-electron chi connectivity index (χ3n) is 5.21. The van der Waals surface area contributed by atoms with Gasteiger partial charge < -0.3 is 14.7 Å². The van der Waals surface area contributed by atoms with Crippen LogP contribution in [0.3, 0.4) is 0 Å². The number of hydrogen-bond acceptors (Lipinski definition) is 5. The number of nitriles is 1. The van der Waals surface area contributed by atoms with Gasteiger partial charge in [0.05, 0.1) is 34.0 Å². The quantitative estimate of drug-likeness (QED) is 0.543. The molecule has 0 bridgehead atoms.